The summed E-state index contributed by atoms with van der Waals surface area (Å²) in [4.78, 5) is 15.4. The lowest BCUT2D eigenvalue weighted by molar-refractivity contribution is -0.139. The number of nitrogens with one attached hydrogen (secondary N) is 1. The van der Waals surface area contributed by atoms with Crippen molar-refractivity contribution in [3.63, 3.8) is 0 Å². The lowest BCUT2D eigenvalue weighted by atomic mass is 10.1. The lowest BCUT2D eigenvalue weighted by Gasteiger charge is -2.08. The minimum Gasteiger partial charge on any atom is -0.468 e. The van der Waals surface area contributed by atoms with Crippen molar-refractivity contribution in [3.05, 3.63) is 40.5 Å². The molecule has 0 saturated carbocycles. The van der Waals surface area contributed by atoms with E-state index in [4.69, 9.17) is 0 Å². The summed E-state index contributed by atoms with van der Waals surface area (Å²) in [5.41, 5.74) is 1.99. The van der Waals surface area contributed by atoms with E-state index < -0.39 is 0 Å². The molecule has 1 heterocycles. The number of carbonyl (C=O) groups excluding carboxylic acids is 1. The van der Waals surface area contributed by atoms with Gasteiger partial charge in [0.15, 0.2) is 0 Å². The average Bonchev–Trinajstić information content (AvgIpc) is 2.41. The predicted octanol–water partition coefficient (Wildman–Crippen LogP) is 2.26. The number of methoxy groups -OCH3 is 1. The fourth-order valence-corrected chi connectivity index (χ4v) is 2.16. The van der Waals surface area contributed by atoms with Gasteiger partial charge in [0.1, 0.15) is 0 Å². The van der Waals surface area contributed by atoms with E-state index in [9.17, 15) is 4.79 Å². The van der Waals surface area contributed by atoms with Crippen molar-refractivity contribution >= 4 is 32.8 Å². The smallest absolute Gasteiger partial charge is 0.319 e. The third-order valence-corrected chi connectivity index (χ3v) is 3.30. The number of nitrogens with zero attached hydrogens (tertiary/aromatic N) is 1. The number of halogens is 1. The Bertz CT molecular complexity index is 572. The molecule has 0 bridgehead atoms. The Morgan fingerprint density at radius 1 is 1.44 bits per heavy atom. The first-order valence-electron chi connectivity index (χ1n) is 5.52. The summed E-state index contributed by atoms with van der Waals surface area (Å²) < 4.78 is 5.59. The maximum Gasteiger partial charge on any atom is 0.319 e. The van der Waals surface area contributed by atoms with Gasteiger partial charge in [-0.3, -0.25) is 9.78 Å². The molecule has 1 N–H and O–H groups in total. The van der Waals surface area contributed by atoms with Gasteiger partial charge in [-0.25, -0.2) is 0 Å². The lowest BCUT2D eigenvalue weighted by Crippen LogP contribution is -2.23. The van der Waals surface area contributed by atoms with Gasteiger partial charge in [-0.1, -0.05) is 28.1 Å². The van der Waals surface area contributed by atoms with E-state index in [0.717, 1.165) is 20.9 Å². The number of pyridine rings is 1. The quantitative estimate of drug-likeness (QED) is 0.880. The number of esters is 1. The summed E-state index contributed by atoms with van der Waals surface area (Å²) >= 11 is 3.50. The van der Waals surface area contributed by atoms with E-state index in [1.165, 1.54) is 7.11 Å². The third-order valence-electron chi connectivity index (χ3n) is 2.61. The molecule has 0 saturated heterocycles. The zero-order valence-electron chi connectivity index (χ0n) is 9.94. The molecule has 2 aromatic rings. The molecule has 0 spiro atoms. The number of fused-ring (bicyclic) bond motifs is 1. The third kappa shape index (κ3) is 2.86. The van der Waals surface area contributed by atoms with Gasteiger partial charge in [-0.2, -0.15) is 0 Å². The van der Waals surface area contributed by atoms with Crippen LogP contribution in [0.3, 0.4) is 0 Å². The van der Waals surface area contributed by atoms with Gasteiger partial charge in [0, 0.05) is 22.6 Å². The first-order chi connectivity index (χ1) is 8.72. The summed E-state index contributed by atoms with van der Waals surface area (Å²) in [5, 5.41) is 4.10. The molecular formula is C13H13BrN2O2. The number of aromatic nitrogens is 1. The molecule has 0 aliphatic heterocycles. The molecule has 0 atom stereocenters. The standard InChI is InChI=1S/C13H13BrN2O2/c1-18-12(17)8-15-7-9-4-5-11(14)10-3-2-6-16-13(9)10/h2-6,15H,7-8H2,1H3. The predicted molar refractivity (Wildman–Crippen MR) is 73.2 cm³/mol. The van der Waals surface area contributed by atoms with Crippen molar-refractivity contribution in [1.82, 2.24) is 10.3 Å². The molecule has 4 nitrogen and oxygen atoms in total. The molecule has 0 radical (unpaired) electrons. The van der Waals surface area contributed by atoms with Crippen LogP contribution in [0.5, 0.6) is 0 Å². The SMILES string of the molecule is COC(=O)CNCc1ccc(Br)c2cccnc12. The first-order valence-corrected chi connectivity index (χ1v) is 6.31. The summed E-state index contributed by atoms with van der Waals surface area (Å²) in [6, 6.07) is 7.89. The molecule has 0 unspecified atom stereocenters. The summed E-state index contributed by atoms with van der Waals surface area (Å²) in [6.07, 6.45) is 1.76. The van der Waals surface area contributed by atoms with E-state index in [1.54, 1.807) is 6.20 Å². The van der Waals surface area contributed by atoms with Crippen LogP contribution < -0.4 is 5.32 Å². The number of benzene rings is 1. The fraction of sp³-hybridized carbons (Fsp3) is 0.231. The number of hydrogen-bond donors (Lipinski definition) is 1. The highest BCUT2D eigenvalue weighted by Gasteiger charge is 2.06. The summed E-state index contributed by atoms with van der Waals surface area (Å²) in [6.45, 7) is 0.775. The second-order valence-corrected chi connectivity index (χ2v) is 4.64. The van der Waals surface area contributed by atoms with Gasteiger partial charge >= 0.3 is 5.97 Å². The van der Waals surface area contributed by atoms with Crippen molar-refractivity contribution in [2.75, 3.05) is 13.7 Å². The van der Waals surface area contributed by atoms with Crippen LogP contribution in [0.1, 0.15) is 5.56 Å². The van der Waals surface area contributed by atoms with E-state index >= 15 is 0 Å². The summed E-state index contributed by atoms with van der Waals surface area (Å²) in [5.74, 6) is -0.274. The van der Waals surface area contributed by atoms with Crippen LogP contribution in [0.2, 0.25) is 0 Å². The van der Waals surface area contributed by atoms with Gasteiger partial charge in [0.25, 0.3) is 0 Å². The van der Waals surface area contributed by atoms with Gasteiger partial charge < -0.3 is 10.1 Å². The van der Waals surface area contributed by atoms with Crippen LogP contribution in [0.25, 0.3) is 10.9 Å². The van der Waals surface area contributed by atoms with Crippen molar-refractivity contribution in [3.8, 4) is 0 Å². The molecule has 2 rings (SSSR count). The Kier molecular flexibility index (Phi) is 4.28. The van der Waals surface area contributed by atoms with Crippen molar-refractivity contribution in [2.24, 2.45) is 0 Å². The second-order valence-electron chi connectivity index (χ2n) is 3.79. The van der Waals surface area contributed by atoms with E-state index in [-0.39, 0.29) is 12.5 Å². The average molecular weight is 309 g/mol. The molecule has 94 valence electrons. The Balaban J connectivity index is 2.18. The minimum atomic E-state index is -0.274. The normalized spacial score (nSPS) is 10.6. The Morgan fingerprint density at radius 3 is 3.06 bits per heavy atom. The Labute approximate surface area is 113 Å². The van der Waals surface area contributed by atoms with Crippen LogP contribution in [-0.2, 0) is 16.1 Å². The van der Waals surface area contributed by atoms with Crippen LogP contribution in [0, 0.1) is 0 Å². The van der Waals surface area contributed by atoms with Gasteiger partial charge in [-0.05, 0) is 17.7 Å². The molecular weight excluding hydrogens is 296 g/mol. The zero-order chi connectivity index (χ0) is 13.0. The van der Waals surface area contributed by atoms with Gasteiger partial charge in [0.2, 0.25) is 0 Å². The maximum atomic E-state index is 11.0. The van der Waals surface area contributed by atoms with Crippen LogP contribution in [0.15, 0.2) is 34.9 Å². The highest BCUT2D eigenvalue weighted by Crippen LogP contribution is 2.24. The monoisotopic (exact) mass is 308 g/mol. The summed E-state index contributed by atoms with van der Waals surface area (Å²) in [7, 11) is 1.38. The molecule has 0 aliphatic rings. The fourth-order valence-electron chi connectivity index (χ4n) is 1.71. The van der Waals surface area contributed by atoms with Gasteiger partial charge in [0.05, 0.1) is 19.2 Å². The second kappa shape index (κ2) is 5.93. The first kappa shape index (κ1) is 13.0. The van der Waals surface area contributed by atoms with Crippen LogP contribution in [-0.4, -0.2) is 24.6 Å². The molecule has 0 fully saturated rings. The topological polar surface area (TPSA) is 51.2 Å². The Morgan fingerprint density at radius 2 is 2.28 bits per heavy atom. The number of hydrogen-bond acceptors (Lipinski definition) is 4. The zero-order valence-corrected chi connectivity index (χ0v) is 11.5. The van der Waals surface area contributed by atoms with E-state index in [0.29, 0.717) is 6.54 Å². The van der Waals surface area contributed by atoms with Crippen LogP contribution >= 0.6 is 15.9 Å². The van der Waals surface area contributed by atoms with E-state index in [1.807, 2.05) is 24.3 Å². The van der Waals surface area contributed by atoms with Crippen molar-refractivity contribution in [2.45, 2.75) is 6.54 Å². The van der Waals surface area contributed by atoms with Gasteiger partial charge in [-0.15, -0.1) is 0 Å². The number of carbonyl (C=O) groups is 1. The van der Waals surface area contributed by atoms with E-state index in [2.05, 4.69) is 31.0 Å². The minimum absolute atomic E-state index is 0.195. The highest BCUT2D eigenvalue weighted by molar-refractivity contribution is 9.10. The van der Waals surface area contributed by atoms with Crippen LogP contribution in [0.4, 0.5) is 0 Å². The van der Waals surface area contributed by atoms with Crippen molar-refractivity contribution < 1.29 is 9.53 Å². The number of rotatable bonds is 4. The Hall–Kier alpha value is -1.46. The molecule has 5 heteroatoms. The highest BCUT2D eigenvalue weighted by atomic mass is 79.9. The largest absolute Gasteiger partial charge is 0.468 e. The molecule has 18 heavy (non-hydrogen) atoms. The van der Waals surface area contributed by atoms with Crippen molar-refractivity contribution in [1.29, 1.82) is 0 Å². The molecule has 1 aromatic carbocycles. The maximum absolute atomic E-state index is 11.0. The molecule has 0 aliphatic carbocycles. The molecule has 0 amide bonds. The number of ether oxygens (including phenoxy) is 1. The molecule has 1 aromatic heterocycles.